The number of aliphatic hydroxyl groups is 1. The summed E-state index contributed by atoms with van der Waals surface area (Å²) in [6.07, 6.45) is 2.30. The Balaban J connectivity index is 2.98. The lowest BCUT2D eigenvalue weighted by atomic mass is 9.95. The molecular formula is C9H12O4. The number of aldehydes is 1. The normalized spacial score (nSPS) is 32.5. The van der Waals surface area contributed by atoms with Crippen LogP contribution >= 0.6 is 0 Å². The van der Waals surface area contributed by atoms with Crippen LogP contribution in [0.15, 0.2) is 11.6 Å². The number of methoxy groups -OCH3 is 1. The van der Waals surface area contributed by atoms with Crippen LogP contribution < -0.4 is 0 Å². The number of carbonyl (C=O) groups is 2. The van der Waals surface area contributed by atoms with Crippen LogP contribution in [0, 0.1) is 5.92 Å². The fourth-order valence-electron chi connectivity index (χ4n) is 1.59. The van der Waals surface area contributed by atoms with Gasteiger partial charge in [0, 0.05) is 5.57 Å². The van der Waals surface area contributed by atoms with E-state index < -0.39 is 11.6 Å². The number of carbonyl (C=O) groups excluding carboxylic acids is 2. The van der Waals surface area contributed by atoms with E-state index in [1.54, 1.807) is 6.08 Å². The van der Waals surface area contributed by atoms with Crippen LogP contribution in [-0.4, -0.2) is 30.1 Å². The highest BCUT2D eigenvalue weighted by molar-refractivity contribution is 5.94. The fraction of sp³-hybridized carbons (Fsp3) is 0.556. The summed E-state index contributed by atoms with van der Waals surface area (Å²) in [5.74, 6) is -0.750. The third kappa shape index (κ3) is 1.49. The van der Waals surface area contributed by atoms with Crippen molar-refractivity contribution in [1.82, 2.24) is 0 Å². The van der Waals surface area contributed by atoms with E-state index >= 15 is 0 Å². The molecule has 0 radical (unpaired) electrons. The van der Waals surface area contributed by atoms with Gasteiger partial charge < -0.3 is 9.84 Å². The van der Waals surface area contributed by atoms with Gasteiger partial charge in [0.1, 0.15) is 6.29 Å². The first-order valence-electron chi connectivity index (χ1n) is 4.03. The van der Waals surface area contributed by atoms with E-state index in [1.165, 1.54) is 7.11 Å². The molecule has 0 spiro atoms. The smallest absolute Gasteiger partial charge is 0.342 e. The monoisotopic (exact) mass is 184 g/mol. The first kappa shape index (κ1) is 9.92. The highest BCUT2D eigenvalue weighted by Crippen LogP contribution is 2.33. The van der Waals surface area contributed by atoms with E-state index in [0.717, 1.165) is 0 Å². The molecule has 4 nitrogen and oxygen atoms in total. The van der Waals surface area contributed by atoms with Gasteiger partial charge in [0.15, 0.2) is 5.60 Å². The van der Waals surface area contributed by atoms with Gasteiger partial charge in [-0.3, -0.25) is 4.79 Å². The number of hydrogen-bond donors (Lipinski definition) is 1. The molecule has 0 heterocycles. The Bertz CT molecular complexity index is 269. The Kier molecular flexibility index (Phi) is 2.52. The molecule has 0 aliphatic heterocycles. The minimum Gasteiger partial charge on any atom is -0.467 e. The molecule has 0 aromatic carbocycles. The minimum absolute atomic E-state index is 0.0179. The van der Waals surface area contributed by atoms with Crippen molar-refractivity contribution in [3.05, 3.63) is 11.6 Å². The van der Waals surface area contributed by atoms with Crippen molar-refractivity contribution in [2.24, 2.45) is 5.92 Å². The van der Waals surface area contributed by atoms with Crippen LogP contribution in [0.3, 0.4) is 0 Å². The molecule has 0 saturated carbocycles. The van der Waals surface area contributed by atoms with Crippen LogP contribution in [0.2, 0.25) is 0 Å². The van der Waals surface area contributed by atoms with Crippen molar-refractivity contribution in [3.63, 3.8) is 0 Å². The summed E-state index contributed by atoms with van der Waals surface area (Å²) in [7, 11) is 1.19. The molecule has 0 fully saturated rings. The van der Waals surface area contributed by atoms with Crippen molar-refractivity contribution >= 4 is 12.3 Å². The molecule has 2 atom stereocenters. The Morgan fingerprint density at radius 2 is 2.46 bits per heavy atom. The van der Waals surface area contributed by atoms with Crippen LogP contribution in [0.25, 0.3) is 0 Å². The Labute approximate surface area is 76.2 Å². The molecule has 4 heteroatoms. The van der Waals surface area contributed by atoms with Crippen LogP contribution in [-0.2, 0) is 14.3 Å². The van der Waals surface area contributed by atoms with E-state index in [0.29, 0.717) is 6.29 Å². The van der Waals surface area contributed by atoms with Gasteiger partial charge in [0.25, 0.3) is 0 Å². The van der Waals surface area contributed by atoms with Gasteiger partial charge in [-0.05, 0) is 12.3 Å². The Hall–Kier alpha value is -1.16. The Morgan fingerprint density at radius 3 is 2.92 bits per heavy atom. The zero-order valence-corrected chi connectivity index (χ0v) is 7.61. The third-order valence-electron chi connectivity index (χ3n) is 2.21. The lowest BCUT2D eigenvalue weighted by Gasteiger charge is -2.20. The van der Waals surface area contributed by atoms with E-state index in [1.807, 2.05) is 6.92 Å². The first-order valence-corrected chi connectivity index (χ1v) is 4.03. The number of allylic oxidation sites excluding steroid dienone is 1. The highest BCUT2D eigenvalue weighted by atomic mass is 16.5. The average Bonchev–Trinajstić information content (AvgIpc) is 2.40. The van der Waals surface area contributed by atoms with Crippen molar-refractivity contribution < 1.29 is 19.4 Å². The maximum Gasteiger partial charge on any atom is 0.342 e. The molecule has 1 aliphatic rings. The molecule has 0 saturated heterocycles. The molecule has 0 aromatic heterocycles. The molecule has 13 heavy (non-hydrogen) atoms. The predicted molar refractivity (Wildman–Crippen MR) is 44.9 cm³/mol. The summed E-state index contributed by atoms with van der Waals surface area (Å²) in [5.41, 5.74) is -1.62. The number of ether oxygens (including phenoxy) is 1. The Morgan fingerprint density at radius 1 is 1.85 bits per heavy atom. The van der Waals surface area contributed by atoms with E-state index in [-0.39, 0.29) is 17.9 Å². The van der Waals surface area contributed by atoms with Gasteiger partial charge in [-0.25, -0.2) is 4.79 Å². The summed E-state index contributed by atoms with van der Waals surface area (Å²) >= 11 is 0. The number of rotatable bonds is 2. The van der Waals surface area contributed by atoms with Crippen molar-refractivity contribution in [2.45, 2.75) is 18.9 Å². The van der Waals surface area contributed by atoms with E-state index in [9.17, 15) is 14.7 Å². The molecule has 1 N–H and O–H groups in total. The highest BCUT2D eigenvalue weighted by Gasteiger charge is 2.45. The topological polar surface area (TPSA) is 63.6 Å². The lowest BCUT2D eigenvalue weighted by molar-refractivity contribution is -0.159. The SMILES string of the molecule is COC(=O)[C@@]1(O)CC(C)C=C1C=O. The fourth-order valence-corrected chi connectivity index (χ4v) is 1.59. The molecule has 1 aliphatic carbocycles. The van der Waals surface area contributed by atoms with Crippen molar-refractivity contribution in [2.75, 3.05) is 7.11 Å². The lowest BCUT2D eigenvalue weighted by Crippen LogP contribution is -2.40. The van der Waals surface area contributed by atoms with Gasteiger partial charge in [0.05, 0.1) is 7.11 Å². The number of esters is 1. The zero-order valence-electron chi connectivity index (χ0n) is 7.61. The summed E-state index contributed by atoms with van der Waals surface area (Å²) in [4.78, 5) is 21.7. The maximum atomic E-state index is 11.2. The molecule has 0 bridgehead atoms. The maximum absolute atomic E-state index is 11.2. The minimum atomic E-state index is -1.73. The summed E-state index contributed by atoms with van der Waals surface area (Å²) in [6, 6.07) is 0. The van der Waals surface area contributed by atoms with E-state index in [2.05, 4.69) is 4.74 Å². The van der Waals surface area contributed by atoms with Crippen molar-refractivity contribution in [1.29, 1.82) is 0 Å². The molecule has 72 valence electrons. The van der Waals surface area contributed by atoms with E-state index in [4.69, 9.17) is 0 Å². The van der Waals surface area contributed by atoms with Gasteiger partial charge in [-0.15, -0.1) is 0 Å². The second kappa shape index (κ2) is 3.30. The second-order valence-corrected chi connectivity index (χ2v) is 3.27. The largest absolute Gasteiger partial charge is 0.467 e. The summed E-state index contributed by atoms with van der Waals surface area (Å²) in [6.45, 7) is 1.82. The van der Waals surface area contributed by atoms with Gasteiger partial charge in [-0.1, -0.05) is 13.0 Å². The zero-order chi connectivity index (χ0) is 10.1. The van der Waals surface area contributed by atoms with Crippen LogP contribution in [0.1, 0.15) is 13.3 Å². The van der Waals surface area contributed by atoms with Gasteiger partial charge in [-0.2, -0.15) is 0 Å². The predicted octanol–water partition coefficient (Wildman–Crippen LogP) is 0.0556. The second-order valence-electron chi connectivity index (χ2n) is 3.27. The van der Waals surface area contributed by atoms with Crippen molar-refractivity contribution in [3.8, 4) is 0 Å². The molecular weight excluding hydrogens is 172 g/mol. The quantitative estimate of drug-likeness (QED) is 0.486. The summed E-state index contributed by atoms with van der Waals surface area (Å²) < 4.78 is 4.43. The first-order chi connectivity index (χ1) is 6.04. The van der Waals surface area contributed by atoms with Crippen LogP contribution in [0.4, 0.5) is 0 Å². The standard InChI is InChI=1S/C9H12O4/c1-6-3-7(5-10)9(12,4-6)8(11)13-2/h3,5-6,12H,4H2,1-2H3/t6?,9-/m1/s1. The average molecular weight is 184 g/mol. The molecule has 0 aromatic rings. The molecule has 0 amide bonds. The van der Waals surface area contributed by atoms with Gasteiger partial charge in [0.2, 0.25) is 0 Å². The third-order valence-corrected chi connectivity index (χ3v) is 2.21. The summed E-state index contributed by atoms with van der Waals surface area (Å²) in [5, 5.41) is 9.82. The molecule has 1 rings (SSSR count). The van der Waals surface area contributed by atoms with Gasteiger partial charge >= 0.3 is 5.97 Å². The number of hydrogen-bond acceptors (Lipinski definition) is 4. The van der Waals surface area contributed by atoms with Crippen LogP contribution in [0.5, 0.6) is 0 Å². The molecule has 1 unspecified atom stereocenters.